The van der Waals surface area contributed by atoms with Gasteiger partial charge in [0.2, 0.25) is 0 Å². The van der Waals surface area contributed by atoms with Gasteiger partial charge in [-0.25, -0.2) is 0 Å². The quantitative estimate of drug-likeness (QED) is 0.545. The third kappa shape index (κ3) is 4.91. The van der Waals surface area contributed by atoms with Gasteiger partial charge in [0.25, 0.3) is 5.91 Å². The summed E-state index contributed by atoms with van der Waals surface area (Å²) in [6, 6.07) is 6.80. The van der Waals surface area contributed by atoms with Gasteiger partial charge in [-0.3, -0.25) is 9.59 Å². The minimum absolute atomic E-state index is 0.0422. The van der Waals surface area contributed by atoms with E-state index in [9.17, 15) is 9.59 Å². The Morgan fingerprint density at radius 3 is 2.43 bits per heavy atom. The van der Waals surface area contributed by atoms with E-state index in [4.69, 9.17) is 4.74 Å². The van der Waals surface area contributed by atoms with E-state index in [1.54, 1.807) is 48.2 Å². The van der Waals surface area contributed by atoms with Crippen molar-refractivity contribution in [3.63, 3.8) is 0 Å². The normalized spacial score (nSPS) is 11.3. The summed E-state index contributed by atoms with van der Waals surface area (Å²) < 4.78 is 5.63. The monoisotopic (exact) mass is 287 g/mol. The maximum absolute atomic E-state index is 12.3. The molecule has 4 heteroatoms. The van der Waals surface area contributed by atoms with Gasteiger partial charge in [-0.05, 0) is 26.0 Å². The highest BCUT2D eigenvalue weighted by Gasteiger charge is 2.20. The highest BCUT2D eigenvalue weighted by Crippen LogP contribution is 2.16. The number of ether oxygens (including phenoxy) is 1. The van der Waals surface area contributed by atoms with Crippen molar-refractivity contribution in [2.45, 2.75) is 20.0 Å². The van der Waals surface area contributed by atoms with Gasteiger partial charge in [0.1, 0.15) is 5.75 Å². The van der Waals surface area contributed by atoms with Gasteiger partial charge in [0, 0.05) is 18.7 Å². The lowest BCUT2D eigenvalue weighted by atomic mass is 10.1. The minimum atomic E-state index is -0.646. The summed E-state index contributed by atoms with van der Waals surface area (Å²) in [6.45, 7) is 11.3. The zero-order valence-corrected chi connectivity index (χ0v) is 12.5. The Morgan fingerprint density at radius 1 is 1.29 bits per heavy atom. The predicted octanol–water partition coefficient (Wildman–Crippen LogP) is 2.86. The average Bonchev–Trinajstić information content (AvgIpc) is 2.46. The highest BCUT2D eigenvalue weighted by atomic mass is 16.5. The summed E-state index contributed by atoms with van der Waals surface area (Å²) in [5, 5.41) is 0. The van der Waals surface area contributed by atoms with Crippen molar-refractivity contribution < 1.29 is 14.3 Å². The Labute approximate surface area is 125 Å². The van der Waals surface area contributed by atoms with Crippen LogP contribution in [-0.2, 0) is 4.79 Å². The van der Waals surface area contributed by atoms with Crippen molar-refractivity contribution >= 4 is 11.7 Å². The molecule has 0 radical (unpaired) electrons. The van der Waals surface area contributed by atoms with Crippen LogP contribution in [0.15, 0.2) is 49.6 Å². The molecule has 0 aliphatic carbocycles. The Morgan fingerprint density at radius 2 is 1.90 bits per heavy atom. The van der Waals surface area contributed by atoms with Crippen LogP contribution >= 0.6 is 0 Å². The fourth-order valence-electron chi connectivity index (χ4n) is 1.87. The molecule has 1 unspecified atom stereocenters. The molecule has 1 atom stereocenters. The predicted molar refractivity (Wildman–Crippen MR) is 83.5 cm³/mol. The molecule has 1 rings (SSSR count). The van der Waals surface area contributed by atoms with Crippen LogP contribution in [0.3, 0.4) is 0 Å². The van der Waals surface area contributed by atoms with Crippen LogP contribution in [0.4, 0.5) is 0 Å². The molecular formula is C17H21NO3. The Hall–Kier alpha value is -2.36. The third-order valence-corrected chi connectivity index (χ3v) is 2.91. The van der Waals surface area contributed by atoms with Crippen molar-refractivity contribution in [3.05, 3.63) is 55.1 Å². The number of ketones is 1. The summed E-state index contributed by atoms with van der Waals surface area (Å²) in [7, 11) is 0. The van der Waals surface area contributed by atoms with Crippen LogP contribution in [-0.4, -0.2) is 35.8 Å². The number of hydrogen-bond donors (Lipinski definition) is 0. The average molecular weight is 287 g/mol. The number of amides is 1. The maximum Gasteiger partial charge on any atom is 0.263 e. The summed E-state index contributed by atoms with van der Waals surface area (Å²) >= 11 is 0. The summed E-state index contributed by atoms with van der Waals surface area (Å²) in [4.78, 5) is 25.2. The molecule has 21 heavy (non-hydrogen) atoms. The summed E-state index contributed by atoms with van der Waals surface area (Å²) in [5.41, 5.74) is 0.557. The van der Waals surface area contributed by atoms with Crippen LogP contribution in [0, 0.1) is 0 Å². The second kappa shape index (κ2) is 8.04. The van der Waals surface area contributed by atoms with Gasteiger partial charge in [-0.2, -0.15) is 0 Å². The SMILES string of the molecule is C=CCN(CC=C)C(=O)C(C)Oc1cccc(C(C)=O)c1. The van der Waals surface area contributed by atoms with Gasteiger partial charge in [0.15, 0.2) is 11.9 Å². The summed E-state index contributed by atoms with van der Waals surface area (Å²) in [6.07, 6.45) is 2.67. The second-order valence-electron chi connectivity index (χ2n) is 4.66. The minimum Gasteiger partial charge on any atom is -0.481 e. The molecule has 0 saturated carbocycles. The fourth-order valence-corrected chi connectivity index (χ4v) is 1.87. The van der Waals surface area contributed by atoms with E-state index in [1.165, 1.54) is 6.92 Å². The molecule has 0 aromatic heterocycles. The van der Waals surface area contributed by atoms with Gasteiger partial charge in [-0.1, -0.05) is 24.3 Å². The lowest BCUT2D eigenvalue weighted by molar-refractivity contribution is -0.136. The second-order valence-corrected chi connectivity index (χ2v) is 4.66. The number of rotatable bonds is 8. The van der Waals surface area contributed by atoms with Gasteiger partial charge < -0.3 is 9.64 Å². The van der Waals surface area contributed by atoms with Crippen molar-refractivity contribution in [1.29, 1.82) is 0 Å². The molecule has 0 saturated heterocycles. The molecule has 0 spiro atoms. The molecule has 112 valence electrons. The van der Waals surface area contributed by atoms with E-state index in [1.807, 2.05) is 0 Å². The molecule has 4 nitrogen and oxygen atoms in total. The first-order valence-electron chi connectivity index (χ1n) is 6.77. The van der Waals surface area contributed by atoms with Crippen LogP contribution in [0.2, 0.25) is 0 Å². The van der Waals surface area contributed by atoms with E-state index in [-0.39, 0.29) is 11.7 Å². The summed E-state index contributed by atoms with van der Waals surface area (Å²) in [5.74, 6) is 0.308. The highest BCUT2D eigenvalue weighted by molar-refractivity contribution is 5.94. The number of carbonyl (C=O) groups excluding carboxylic acids is 2. The molecule has 0 fully saturated rings. The van der Waals surface area contributed by atoms with Gasteiger partial charge >= 0.3 is 0 Å². The van der Waals surface area contributed by atoms with Crippen LogP contribution in [0.5, 0.6) is 5.75 Å². The molecule has 1 aromatic carbocycles. The molecule has 1 aromatic rings. The van der Waals surface area contributed by atoms with Crippen molar-refractivity contribution in [2.75, 3.05) is 13.1 Å². The number of carbonyl (C=O) groups is 2. The van der Waals surface area contributed by atoms with Crippen molar-refractivity contribution in [2.24, 2.45) is 0 Å². The number of hydrogen-bond acceptors (Lipinski definition) is 3. The first-order chi connectivity index (χ1) is 9.99. The molecule has 1 amide bonds. The van der Waals surface area contributed by atoms with Crippen LogP contribution in [0.25, 0.3) is 0 Å². The van der Waals surface area contributed by atoms with Crippen LogP contribution in [0.1, 0.15) is 24.2 Å². The first kappa shape index (κ1) is 16.7. The Kier molecular flexibility index (Phi) is 6.40. The van der Waals surface area contributed by atoms with Gasteiger partial charge in [0.05, 0.1) is 0 Å². The zero-order valence-electron chi connectivity index (χ0n) is 12.5. The van der Waals surface area contributed by atoms with Crippen LogP contribution < -0.4 is 4.74 Å². The Bertz CT molecular complexity index is 527. The molecule has 0 aliphatic rings. The topological polar surface area (TPSA) is 46.6 Å². The van der Waals surface area contributed by atoms with E-state index >= 15 is 0 Å². The first-order valence-corrected chi connectivity index (χ1v) is 6.77. The molecule has 0 N–H and O–H groups in total. The van der Waals surface area contributed by atoms with Crippen molar-refractivity contribution in [3.8, 4) is 5.75 Å². The molecular weight excluding hydrogens is 266 g/mol. The standard InChI is InChI=1S/C17H21NO3/c1-5-10-18(11-6-2)17(20)14(4)21-16-9-7-8-15(12-16)13(3)19/h5-9,12,14H,1-2,10-11H2,3-4H3. The number of benzene rings is 1. The lowest BCUT2D eigenvalue weighted by Crippen LogP contribution is -2.40. The van der Waals surface area contributed by atoms with E-state index in [0.717, 1.165) is 0 Å². The fraction of sp³-hybridized carbons (Fsp3) is 0.294. The Balaban J connectivity index is 2.79. The molecule has 0 aliphatic heterocycles. The maximum atomic E-state index is 12.3. The third-order valence-electron chi connectivity index (χ3n) is 2.91. The smallest absolute Gasteiger partial charge is 0.263 e. The van der Waals surface area contributed by atoms with E-state index < -0.39 is 6.10 Å². The largest absolute Gasteiger partial charge is 0.481 e. The van der Waals surface area contributed by atoms with E-state index in [0.29, 0.717) is 24.4 Å². The lowest BCUT2D eigenvalue weighted by Gasteiger charge is -2.23. The van der Waals surface area contributed by atoms with E-state index in [2.05, 4.69) is 13.2 Å². The molecule has 0 bridgehead atoms. The van der Waals surface area contributed by atoms with Crippen molar-refractivity contribution in [1.82, 2.24) is 4.90 Å². The molecule has 0 heterocycles. The zero-order chi connectivity index (χ0) is 15.8. The van der Waals surface area contributed by atoms with Gasteiger partial charge in [-0.15, -0.1) is 13.2 Å². The number of nitrogens with zero attached hydrogens (tertiary/aromatic N) is 1. The number of Topliss-reactive ketones (excluding diaryl/α,β-unsaturated/α-hetero) is 1.